The van der Waals surface area contributed by atoms with Crippen LogP contribution in [0.1, 0.15) is 6.42 Å². The first-order chi connectivity index (χ1) is 6.42. The van der Waals surface area contributed by atoms with Crippen LogP contribution in [0.2, 0.25) is 0 Å². The fraction of sp³-hybridized carbons (Fsp3) is 1.00. The van der Waals surface area contributed by atoms with E-state index in [0.717, 1.165) is 0 Å². The third-order valence-corrected chi connectivity index (χ3v) is 5.70. The molecule has 0 aromatic heterocycles. The number of hydrogen-bond donors (Lipinski definition) is 5. The summed E-state index contributed by atoms with van der Waals surface area (Å²) in [6, 6.07) is 0. The van der Waals surface area contributed by atoms with Crippen molar-refractivity contribution in [3.8, 4) is 0 Å². The van der Waals surface area contributed by atoms with Gasteiger partial charge in [-0.3, -0.25) is 9.13 Å². The second-order valence-corrected chi connectivity index (χ2v) is 7.42. The molecule has 0 saturated heterocycles. The van der Waals surface area contributed by atoms with Crippen LogP contribution < -0.4 is 0 Å². The first-order valence-electron chi connectivity index (χ1n) is 3.90. The third kappa shape index (κ3) is 4.84. The second kappa shape index (κ2) is 6.41. The van der Waals surface area contributed by atoms with Crippen LogP contribution in [0.25, 0.3) is 0 Å². The van der Waals surface area contributed by atoms with E-state index in [9.17, 15) is 14.2 Å². The number of aliphatic hydroxyl groups is 1. The van der Waals surface area contributed by atoms with Crippen molar-refractivity contribution in [3.05, 3.63) is 0 Å². The molecule has 94 valence electrons. The molecule has 0 atom stereocenters. The van der Waals surface area contributed by atoms with Crippen LogP contribution in [0.4, 0.5) is 0 Å². The predicted molar refractivity (Wildman–Crippen MR) is 59.4 cm³/mol. The molecule has 11 heteroatoms. The Hall–Kier alpha value is 1.22. The number of hydrogen-bond acceptors (Lipinski definition) is 4. The molecule has 5 N–H and O–H groups in total. The maximum absolute atomic E-state index is 10.8. The van der Waals surface area contributed by atoms with E-state index in [1.807, 2.05) is 0 Å². The molecule has 0 heterocycles. The fourth-order valence-electron chi connectivity index (χ4n) is 0.835. The summed E-state index contributed by atoms with van der Waals surface area (Å²) in [5, 5.41) is 6.08. The molecule has 0 aromatic carbocycles. The van der Waals surface area contributed by atoms with Crippen molar-refractivity contribution < 1.29 is 33.8 Å². The van der Waals surface area contributed by atoms with Gasteiger partial charge in [-0.2, -0.15) is 0 Å². The summed E-state index contributed by atoms with van der Waals surface area (Å²) in [6.07, 6.45) is -0.714. The van der Waals surface area contributed by atoms with Gasteiger partial charge in [0, 0.05) is 13.0 Å². The van der Waals surface area contributed by atoms with Gasteiger partial charge in [-0.15, -0.1) is 0 Å². The van der Waals surface area contributed by atoms with Crippen molar-refractivity contribution in [3.63, 3.8) is 0 Å². The predicted octanol–water partition coefficient (Wildman–Crippen LogP) is -1.71. The van der Waals surface area contributed by atoms with Crippen LogP contribution in [0.15, 0.2) is 0 Å². The summed E-state index contributed by atoms with van der Waals surface area (Å²) < 4.78 is 21.7. The van der Waals surface area contributed by atoms with Gasteiger partial charge in [0.1, 0.15) is 0 Å². The first-order valence-corrected chi connectivity index (χ1v) is 7.12. The van der Waals surface area contributed by atoms with Gasteiger partial charge in [-0.25, -0.2) is 0 Å². The van der Waals surface area contributed by atoms with Crippen molar-refractivity contribution in [2.75, 3.05) is 20.6 Å². The van der Waals surface area contributed by atoms with Gasteiger partial charge >= 0.3 is 44.7 Å². The van der Waals surface area contributed by atoms with Gasteiger partial charge < -0.3 is 29.6 Å². The van der Waals surface area contributed by atoms with Crippen LogP contribution in [0.5, 0.6) is 0 Å². The molecule has 0 spiro atoms. The minimum atomic E-state index is -5.30. The molecule has 0 fully saturated rings. The van der Waals surface area contributed by atoms with Gasteiger partial charge in [-0.1, -0.05) is 0 Å². The standard InChI is InChI=1S/C5H15NO7P2.Na.H/c1-6(2)4-3-5(7,14(8,9)10)15(11,12)13;;/h7H,3-4H2,1-2H3,(H2,8,9,10)(H2,11,12,13);;. The SMILES string of the molecule is CN(C)CCC(O)(P(=O)(O)O)P(=O)(O)O.[NaH]. The average molecular weight is 287 g/mol. The van der Waals surface area contributed by atoms with E-state index in [-0.39, 0.29) is 36.1 Å². The van der Waals surface area contributed by atoms with Crippen molar-refractivity contribution in [2.24, 2.45) is 0 Å². The molecule has 0 saturated carbocycles. The summed E-state index contributed by atoms with van der Waals surface area (Å²) in [7, 11) is -7.52. The Bertz CT molecular complexity index is 288. The van der Waals surface area contributed by atoms with Crippen LogP contribution in [-0.4, -0.2) is 84.9 Å². The Morgan fingerprint density at radius 2 is 1.38 bits per heavy atom. The molecular weight excluding hydrogens is 271 g/mol. The Labute approximate surface area is 115 Å². The molecule has 0 rings (SSSR count). The maximum atomic E-state index is 10.8. The molecule has 0 radical (unpaired) electrons. The van der Waals surface area contributed by atoms with Crippen molar-refractivity contribution in [1.82, 2.24) is 4.90 Å². The van der Waals surface area contributed by atoms with Gasteiger partial charge in [0.15, 0.2) is 0 Å². The van der Waals surface area contributed by atoms with Crippen molar-refractivity contribution in [1.29, 1.82) is 0 Å². The molecule has 0 aliphatic carbocycles. The van der Waals surface area contributed by atoms with E-state index in [0.29, 0.717) is 0 Å². The summed E-state index contributed by atoms with van der Waals surface area (Å²) in [5.74, 6) is 0. The van der Waals surface area contributed by atoms with E-state index in [1.54, 1.807) is 14.1 Å². The Balaban J connectivity index is 0. The Kier molecular flexibility index (Phi) is 7.83. The minimum absolute atomic E-state index is 0. The van der Waals surface area contributed by atoms with Gasteiger partial charge in [-0.05, 0) is 14.1 Å². The zero-order chi connectivity index (χ0) is 12.5. The van der Waals surface area contributed by atoms with Crippen LogP contribution in [-0.2, 0) is 9.13 Å². The summed E-state index contributed by atoms with van der Waals surface area (Å²) in [5.41, 5.74) is 0. The van der Waals surface area contributed by atoms with Gasteiger partial charge in [0.05, 0.1) is 0 Å². The van der Waals surface area contributed by atoms with Crippen LogP contribution in [0.3, 0.4) is 0 Å². The Morgan fingerprint density at radius 1 is 1.06 bits per heavy atom. The monoisotopic (exact) mass is 287 g/mol. The molecule has 8 nitrogen and oxygen atoms in total. The van der Waals surface area contributed by atoms with Crippen LogP contribution >= 0.6 is 15.2 Å². The fourth-order valence-corrected chi connectivity index (χ4v) is 2.97. The normalized spacial score (nSPS) is 13.8. The number of rotatable bonds is 5. The molecule has 0 aliphatic heterocycles. The van der Waals surface area contributed by atoms with Gasteiger partial charge in [0.2, 0.25) is 0 Å². The molecule has 0 unspecified atom stereocenters. The van der Waals surface area contributed by atoms with E-state index in [4.69, 9.17) is 19.6 Å². The molecule has 0 bridgehead atoms. The van der Waals surface area contributed by atoms with E-state index in [2.05, 4.69) is 0 Å². The molecule has 0 amide bonds. The third-order valence-electron chi connectivity index (χ3n) is 1.83. The van der Waals surface area contributed by atoms with Crippen molar-refractivity contribution in [2.45, 2.75) is 11.5 Å². The summed E-state index contributed by atoms with van der Waals surface area (Å²) in [4.78, 5) is 36.4. The molecule has 16 heavy (non-hydrogen) atoms. The summed E-state index contributed by atoms with van der Waals surface area (Å²) in [6.45, 7) is -0.0628. The zero-order valence-corrected chi connectivity index (χ0v) is 10.1. The molecular formula is C5H16NNaO7P2. The quantitative estimate of drug-likeness (QED) is 0.297. The van der Waals surface area contributed by atoms with Crippen molar-refractivity contribution >= 4 is 44.7 Å². The first kappa shape index (κ1) is 19.6. The van der Waals surface area contributed by atoms with E-state index in [1.165, 1.54) is 4.90 Å². The van der Waals surface area contributed by atoms with Gasteiger partial charge in [0.25, 0.3) is 5.08 Å². The van der Waals surface area contributed by atoms with E-state index < -0.39 is 26.7 Å². The summed E-state index contributed by atoms with van der Waals surface area (Å²) >= 11 is 0. The average Bonchev–Trinajstić information content (AvgIpc) is 1.95. The van der Waals surface area contributed by atoms with Crippen LogP contribution in [0, 0.1) is 0 Å². The second-order valence-electron chi connectivity index (χ2n) is 3.42. The molecule has 0 aliphatic rings. The van der Waals surface area contributed by atoms with E-state index >= 15 is 0 Å². The molecule has 0 aromatic rings. The zero-order valence-electron chi connectivity index (χ0n) is 8.31. The number of nitrogens with zero attached hydrogens (tertiary/aromatic N) is 1. The topological polar surface area (TPSA) is 139 Å². The Morgan fingerprint density at radius 3 is 1.56 bits per heavy atom.